The van der Waals surface area contributed by atoms with Crippen molar-refractivity contribution in [2.75, 3.05) is 13.2 Å². The summed E-state index contributed by atoms with van der Waals surface area (Å²) >= 11 is 0. The van der Waals surface area contributed by atoms with Crippen molar-refractivity contribution in [3.63, 3.8) is 0 Å². The van der Waals surface area contributed by atoms with E-state index in [0.29, 0.717) is 13.0 Å². The average Bonchev–Trinajstić information content (AvgIpc) is 3.31. The second kappa shape index (κ2) is 8.65. The quantitative estimate of drug-likeness (QED) is 0.425. The molecule has 3 N–H and O–H groups in total. The Balaban J connectivity index is 1.51. The van der Waals surface area contributed by atoms with Crippen molar-refractivity contribution in [2.45, 2.75) is 63.4 Å². The van der Waals surface area contributed by atoms with Crippen LogP contribution in [0.5, 0.6) is 0 Å². The van der Waals surface area contributed by atoms with Crippen molar-refractivity contribution < 1.29 is 38.8 Å². The van der Waals surface area contributed by atoms with Gasteiger partial charge in [-0.3, -0.25) is 9.59 Å². The number of nitrogens with one attached hydrogen (secondary N) is 1. The summed E-state index contributed by atoms with van der Waals surface area (Å²) in [6.45, 7) is 3.94. The fraction of sp³-hybridized carbons (Fsp3) is 0.522. The summed E-state index contributed by atoms with van der Waals surface area (Å²) in [5, 5.41) is 20.6. The number of para-hydroxylation sites is 1. The van der Waals surface area contributed by atoms with Crippen LogP contribution < -0.4 is 0 Å². The molecule has 0 spiro atoms. The van der Waals surface area contributed by atoms with Crippen molar-refractivity contribution in [3.05, 3.63) is 35.0 Å². The van der Waals surface area contributed by atoms with E-state index in [1.807, 2.05) is 13.0 Å². The van der Waals surface area contributed by atoms with E-state index < -0.39 is 48.2 Å². The molecule has 32 heavy (non-hydrogen) atoms. The van der Waals surface area contributed by atoms with Gasteiger partial charge in [-0.25, -0.2) is 4.79 Å². The number of aromatic nitrogens is 1. The van der Waals surface area contributed by atoms with Gasteiger partial charge in [-0.2, -0.15) is 0 Å². The normalized spacial score (nSPS) is 26.1. The molecule has 1 unspecified atom stereocenters. The Bertz CT molecular complexity index is 1060. The number of hydrogen-bond donors (Lipinski definition) is 3. The zero-order chi connectivity index (χ0) is 23.0. The highest BCUT2D eigenvalue weighted by molar-refractivity contribution is 6.09. The molecule has 9 nitrogen and oxygen atoms in total. The number of carbonyl (C=O) groups is 3. The fourth-order valence-corrected chi connectivity index (χ4v) is 4.58. The van der Waals surface area contributed by atoms with Gasteiger partial charge in [-0.1, -0.05) is 32.0 Å². The van der Waals surface area contributed by atoms with Gasteiger partial charge in [0.05, 0.1) is 18.7 Å². The monoisotopic (exact) mass is 445 g/mol. The number of ether oxygens (including phenoxy) is 3. The number of fused-ring (bicyclic) bond motifs is 3. The minimum atomic E-state index is -1.92. The molecular weight excluding hydrogens is 418 g/mol. The van der Waals surface area contributed by atoms with E-state index in [-0.39, 0.29) is 6.42 Å². The zero-order valence-electron chi connectivity index (χ0n) is 18.1. The second-order valence-corrected chi connectivity index (χ2v) is 8.21. The molecule has 1 aromatic heterocycles. The highest BCUT2D eigenvalue weighted by Crippen LogP contribution is 2.42. The van der Waals surface area contributed by atoms with Crippen LogP contribution in [-0.2, 0) is 47.0 Å². The molecule has 2 aromatic rings. The van der Waals surface area contributed by atoms with E-state index >= 15 is 0 Å². The summed E-state index contributed by atoms with van der Waals surface area (Å²) in [6, 6.07) is 6.17. The molecule has 2 aliphatic heterocycles. The molecule has 1 saturated heterocycles. The third-order valence-electron chi connectivity index (χ3n) is 6.38. The number of ketones is 1. The van der Waals surface area contributed by atoms with E-state index in [4.69, 9.17) is 9.47 Å². The third-order valence-corrected chi connectivity index (χ3v) is 6.38. The van der Waals surface area contributed by atoms with Gasteiger partial charge in [-0.05, 0) is 30.4 Å². The third kappa shape index (κ3) is 3.70. The zero-order valence-corrected chi connectivity index (χ0v) is 18.1. The number of benzene rings is 1. The predicted octanol–water partition coefficient (Wildman–Crippen LogP) is 1.06. The van der Waals surface area contributed by atoms with Crippen molar-refractivity contribution in [3.8, 4) is 0 Å². The van der Waals surface area contributed by atoms with Crippen LogP contribution in [0.15, 0.2) is 18.2 Å². The summed E-state index contributed by atoms with van der Waals surface area (Å²) in [5.41, 5.74) is 3.33. The molecule has 2 aliphatic rings. The van der Waals surface area contributed by atoms with E-state index in [1.165, 1.54) is 5.56 Å². The lowest BCUT2D eigenvalue weighted by Gasteiger charge is -2.36. The minimum absolute atomic E-state index is 0.0848. The Morgan fingerprint density at radius 1 is 1.34 bits per heavy atom. The van der Waals surface area contributed by atoms with Gasteiger partial charge >= 0.3 is 11.9 Å². The number of aliphatic hydroxyl groups excluding tert-OH is 2. The first-order valence-electron chi connectivity index (χ1n) is 10.8. The Hall–Kier alpha value is -2.75. The molecule has 1 aromatic carbocycles. The number of rotatable bonds is 7. The minimum Gasteiger partial charge on any atom is -0.463 e. The largest absolute Gasteiger partial charge is 0.463 e. The van der Waals surface area contributed by atoms with E-state index in [0.717, 1.165) is 35.0 Å². The SMILES string of the molecule is CCc1cccc2c3c([nH]c12)[C@@](CC)(CC(=O)OC[C@H](O)[C@H]1OC(=O)C(O)C1=O)OCC3. The summed E-state index contributed by atoms with van der Waals surface area (Å²) in [5.74, 6) is -2.69. The van der Waals surface area contributed by atoms with Crippen LogP contribution in [0, 0.1) is 0 Å². The molecule has 0 amide bonds. The average molecular weight is 445 g/mol. The van der Waals surface area contributed by atoms with Gasteiger partial charge in [0.15, 0.2) is 6.10 Å². The fourth-order valence-electron chi connectivity index (χ4n) is 4.58. The van der Waals surface area contributed by atoms with E-state index in [9.17, 15) is 24.6 Å². The number of aryl methyl sites for hydroxylation is 1. The smallest absolute Gasteiger partial charge is 0.343 e. The van der Waals surface area contributed by atoms with E-state index in [1.54, 1.807) is 0 Å². The predicted molar refractivity (Wildman–Crippen MR) is 112 cm³/mol. The van der Waals surface area contributed by atoms with Crippen LogP contribution in [0.4, 0.5) is 0 Å². The molecule has 3 heterocycles. The number of cyclic esters (lactones) is 1. The maximum atomic E-state index is 12.7. The standard InChI is InChI=1S/C23H27NO8/c1-3-12-6-5-7-13-14-8-9-31-23(4-2,21(14)24-17(12)13)10-16(26)30-11-15(25)20-18(27)19(28)22(29)32-20/h5-7,15,19-20,24-25,28H,3-4,8-11H2,1-2H3/t15-,19?,20+,23+/m0/s1. The maximum Gasteiger partial charge on any atom is 0.343 e. The Morgan fingerprint density at radius 3 is 2.78 bits per heavy atom. The van der Waals surface area contributed by atoms with Crippen molar-refractivity contribution in [1.29, 1.82) is 0 Å². The van der Waals surface area contributed by atoms with Gasteiger partial charge in [-0.15, -0.1) is 0 Å². The van der Waals surface area contributed by atoms with Gasteiger partial charge in [0.25, 0.3) is 0 Å². The van der Waals surface area contributed by atoms with E-state index in [2.05, 4.69) is 28.8 Å². The first kappa shape index (κ1) is 22.4. The van der Waals surface area contributed by atoms with Gasteiger partial charge in [0, 0.05) is 10.9 Å². The van der Waals surface area contributed by atoms with Crippen molar-refractivity contribution in [1.82, 2.24) is 4.98 Å². The van der Waals surface area contributed by atoms with Crippen LogP contribution in [-0.4, -0.2) is 64.4 Å². The molecular formula is C23H27NO8. The Morgan fingerprint density at radius 2 is 2.12 bits per heavy atom. The van der Waals surface area contributed by atoms with Crippen LogP contribution in [0.2, 0.25) is 0 Å². The second-order valence-electron chi connectivity index (χ2n) is 8.21. The molecule has 0 aliphatic carbocycles. The summed E-state index contributed by atoms with van der Waals surface area (Å²) in [6.07, 6.45) is -2.99. The van der Waals surface area contributed by atoms with Crippen LogP contribution >= 0.6 is 0 Å². The number of aliphatic hydroxyl groups is 2. The summed E-state index contributed by atoms with van der Waals surface area (Å²) in [7, 11) is 0. The van der Waals surface area contributed by atoms with Gasteiger partial charge in [0.1, 0.15) is 18.3 Å². The van der Waals surface area contributed by atoms with Crippen molar-refractivity contribution >= 4 is 28.6 Å². The maximum absolute atomic E-state index is 12.7. The van der Waals surface area contributed by atoms with Crippen LogP contribution in [0.25, 0.3) is 10.9 Å². The Labute approximate surface area is 184 Å². The molecule has 9 heteroatoms. The number of Topliss-reactive ketones (excluding diaryl/α,β-unsaturated/α-hetero) is 1. The van der Waals surface area contributed by atoms with Crippen molar-refractivity contribution in [2.24, 2.45) is 0 Å². The first-order chi connectivity index (χ1) is 15.3. The summed E-state index contributed by atoms with van der Waals surface area (Å²) in [4.78, 5) is 39.2. The lowest BCUT2D eigenvalue weighted by Crippen LogP contribution is -2.40. The topological polar surface area (TPSA) is 135 Å². The lowest BCUT2D eigenvalue weighted by atomic mass is 9.86. The van der Waals surface area contributed by atoms with Gasteiger partial charge < -0.3 is 29.4 Å². The number of H-pyrrole nitrogens is 1. The molecule has 0 radical (unpaired) electrons. The van der Waals surface area contributed by atoms with Crippen LogP contribution in [0.1, 0.15) is 43.5 Å². The lowest BCUT2D eigenvalue weighted by molar-refractivity contribution is -0.163. The molecule has 4 rings (SSSR count). The molecule has 1 fully saturated rings. The molecule has 4 atom stereocenters. The Kier molecular flexibility index (Phi) is 6.07. The number of esters is 2. The number of aromatic amines is 1. The molecule has 0 saturated carbocycles. The summed E-state index contributed by atoms with van der Waals surface area (Å²) < 4.78 is 16.0. The first-order valence-corrected chi connectivity index (χ1v) is 10.8. The van der Waals surface area contributed by atoms with Crippen LogP contribution in [0.3, 0.4) is 0 Å². The highest BCUT2D eigenvalue weighted by atomic mass is 16.6. The number of hydrogen-bond acceptors (Lipinski definition) is 8. The molecule has 0 bridgehead atoms. The molecule has 172 valence electrons. The van der Waals surface area contributed by atoms with Gasteiger partial charge in [0.2, 0.25) is 11.9 Å². The highest BCUT2D eigenvalue weighted by Gasteiger charge is 2.47. The number of carbonyl (C=O) groups excluding carboxylic acids is 3.